The summed E-state index contributed by atoms with van der Waals surface area (Å²) < 4.78 is 258. The second kappa shape index (κ2) is 8.65. The van der Waals surface area contributed by atoms with Crippen molar-refractivity contribution in [3.8, 4) is 0 Å². The van der Waals surface area contributed by atoms with Crippen molar-refractivity contribution in [1.82, 2.24) is 0 Å². The molecule has 0 aliphatic heterocycles. The van der Waals surface area contributed by atoms with E-state index in [9.17, 15) is 87.8 Å². The van der Waals surface area contributed by atoms with E-state index in [-0.39, 0.29) is 0 Å². The molecule has 0 aliphatic rings. The fraction of sp³-hybridized carbons (Fsp3) is 1.00. The lowest BCUT2D eigenvalue weighted by atomic mass is 10.3. The van der Waals surface area contributed by atoms with Crippen molar-refractivity contribution in [1.29, 1.82) is 0 Å². The fourth-order valence-electron chi connectivity index (χ4n) is 1.23. The van der Waals surface area contributed by atoms with Crippen LogP contribution in [-0.4, -0.2) is 65.1 Å². The first-order valence-electron chi connectivity index (χ1n) is 6.92. The van der Waals surface area contributed by atoms with Gasteiger partial charge in [-0.1, -0.05) is 11.6 Å². The molecule has 0 aromatic carbocycles. The highest BCUT2D eigenvalue weighted by molar-refractivity contribution is 6.24. The molecule has 1 N–H and O–H groups in total. The van der Waals surface area contributed by atoms with E-state index in [1.54, 1.807) is 0 Å². The molecule has 0 saturated heterocycles. The zero-order valence-corrected chi connectivity index (χ0v) is 15.4. The van der Waals surface area contributed by atoms with Crippen molar-refractivity contribution in [2.75, 3.05) is 0 Å². The molecule has 0 fully saturated rings. The van der Waals surface area contributed by atoms with Gasteiger partial charge in [0.05, 0.1) is 0 Å². The van der Waals surface area contributed by atoms with Crippen LogP contribution in [0.1, 0.15) is 0 Å². The fourth-order valence-corrected chi connectivity index (χ4v) is 1.27. The Morgan fingerprint density at radius 2 is 0.686 bits per heavy atom. The molecule has 4 nitrogen and oxygen atoms in total. The normalized spacial score (nSPS) is 22.1. The molecular weight excluding hydrogens is 600 g/mol. The third-order valence-electron chi connectivity index (χ3n) is 2.94. The lowest BCUT2D eigenvalue weighted by molar-refractivity contribution is -0.607. The lowest BCUT2D eigenvalue weighted by Gasteiger charge is -2.40. The Morgan fingerprint density at radius 3 is 0.914 bits per heavy atom. The summed E-state index contributed by atoms with van der Waals surface area (Å²) >= 11 is 3.51. The summed E-state index contributed by atoms with van der Waals surface area (Å²) in [6.07, 6.45) is -46.0. The van der Waals surface area contributed by atoms with Crippen molar-refractivity contribution in [3.63, 3.8) is 0 Å². The highest BCUT2D eigenvalue weighted by Crippen LogP contribution is 2.56. The Bertz CT molecular complexity index is 689. The van der Waals surface area contributed by atoms with Gasteiger partial charge in [0.15, 0.2) is 0 Å². The second-order valence-corrected chi connectivity index (χ2v) is 6.12. The molecule has 0 aliphatic carbocycles. The molecule has 0 rings (SSSR count). The van der Waals surface area contributed by atoms with E-state index in [0.717, 1.165) is 0 Å². The van der Waals surface area contributed by atoms with Gasteiger partial charge in [0.25, 0.3) is 0 Å². The highest BCUT2D eigenvalue weighted by atomic mass is 35.5. The SMILES string of the molecule is OC(F)(C(F)(F)F)C(F)(F)OC(F)(OC(F)(OC(F)(F)C(F)(Cl)C(F)(F)F)C(F)(F)F)C(F)(F)F. The number of hydrogen-bond donors (Lipinski definition) is 1. The Hall–Kier alpha value is -1.27. The topological polar surface area (TPSA) is 47.9 Å². The molecule has 0 heterocycles. The number of ether oxygens (including phenoxy) is 3. The zero-order valence-electron chi connectivity index (χ0n) is 14.6. The monoisotopic (exact) mass is 600 g/mol. The first-order chi connectivity index (χ1) is 14.6. The molecule has 0 spiro atoms. The number of halogens is 21. The number of aliphatic hydroxyl groups is 1. The van der Waals surface area contributed by atoms with Crippen molar-refractivity contribution < 1.29 is 107 Å². The Balaban J connectivity index is 6.80. The number of rotatable bonds is 8. The van der Waals surface area contributed by atoms with Gasteiger partial charge < -0.3 is 5.11 Å². The summed E-state index contributed by atoms with van der Waals surface area (Å²) in [5, 5.41) is 0.909. The maximum absolute atomic E-state index is 13.8. The summed E-state index contributed by atoms with van der Waals surface area (Å²) in [6.45, 7) is 0. The largest absolute Gasteiger partial charge is 0.478 e. The van der Waals surface area contributed by atoms with Gasteiger partial charge in [-0.2, -0.15) is 83.4 Å². The molecule has 0 aromatic heterocycles. The van der Waals surface area contributed by atoms with Crippen LogP contribution in [0, 0.1) is 0 Å². The zero-order chi connectivity index (χ0) is 29.1. The number of hydrogen-bond acceptors (Lipinski definition) is 4. The van der Waals surface area contributed by atoms with Gasteiger partial charge in [-0.3, -0.25) is 0 Å². The lowest BCUT2D eigenvalue weighted by Crippen LogP contribution is -2.66. The molecule has 0 saturated carbocycles. The summed E-state index contributed by atoms with van der Waals surface area (Å²) in [4.78, 5) is 0. The first-order valence-corrected chi connectivity index (χ1v) is 7.29. The van der Waals surface area contributed by atoms with E-state index < -0.39 is 60.0 Å². The maximum atomic E-state index is 13.8. The maximum Gasteiger partial charge on any atom is 0.478 e. The van der Waals surface area contributed by atoms with E-state index in [1.807, 2.05) is 0 Å². The molecule has 212 valence electrons. The minimum atomic E-state index is -7.94. The quantitative estimate of drug-likeness (QED) is 0.203. The van der Waals surface area contributed by atoms with Gasteiger partial charge >= 0.3 is 60.0 Å². The molecular formula is C10HClF20O4. The average molecular weight is 601 g/mol. The van der Waals surface area contributed by atoms with Crippen LogP contribution in [0.4, 0.5) is 87.8 Å². The van der Waals surface area contributed by atoms with E-state index in [1.165, 1.54) is 14.2 Å². The first kappa shape index (κ1) is 33.7. The Kier molecular flexibility index (Phi) is 8.33. The molecule has 0 amide bonds. The molecule has 0 radical (unpaired) electrons. The highest BCUT2D eigenvalue weighted by Gasteiger charge is 2.82. The Labute approximate surface area is 180 Å². The third-order valence-corrected chi connectivity index (χ3v) is 3.38. The van der Waals surface area contributed by atoms with Crippen LogP contribution in [0.5, 0.6) is 0 Å². The minimum Gasteiger partial charge on any atom is -0.348 e. The van der Waals surface area contributed by atoms with Crippen LogP contribution in [0.25, 0.3) is 0 Å². The van der Waals surface area contributed by atoms with Gasteiger partial charge in [0, 0.05) is 0 Å². The van der Waals surface area contributed by atoms with Gasteiger partial charge in [-0.25, -0.2) is 18.6 Å². The standard InChI is InChI=1S/C10HClF20O4/c11-1(12,3(14,15)16)7(26,27)33-9(30,5(20,21)22)35-10(31,6(23,24)25)34-8(28,29)2(13,32)4(17,18)19/h32H. The van der Waals surface area contributed by atoms with Crippen LogP contribution in [0.2, 0.25) is 0 Å². The van der Waals surface area contributed by atoms with Crippen LogP contribution >= 0.6 is 11.6 Å². The molecule has 4 atom stereocenters. The van der Waals surface area contributed by atoms with E-state index in [0.29, 0.717) is 0 Å². The van der Waals surface area contributed by atoms with Crippen molar-refractivity contribution in [2.45, 2.75) is 60.0 Å². The van der Waals surface area contributed by atoms with E-state index in [4.69, 9.17) is 5.11 Å². The summed E-state index contributed by atoms with van der Waals surface area (Å²) in [6, 6.07) is -15.8. The molecule has 0 bridgehead atoms. The average Bonchev–Trinajstić information content (AvgIpc) is 2.48. The summed E-state index contributed by atoms with van der Waals surface area (Å²) in [7, 11) is 0. The van der Waals surface area contributed by atoms with Crippen molar-refractivity contribution in [2.24, 2.45) is 0 Å². The molecule has 0 aromatic rings. The summed E-state index contributed by atoms with van der Waals surface area (Å²) in [5.74, 6) is -7.48. The second-order valence-electron chi connectivity index (χ2n) is 5.60. The predicted molar refractivity (Wildman–Crippen MR) is 60.8 cm³/mol. The smallest absolute Gasteiger partial charge is 0.348 e. The van der Waals surface area contributed by atoms with E-state index >= 15 is 0 Å². The van der Waals surface area contributed by atoms with Gasteiger partial charge in [-0.05, 0) is 0 Å². The van der Waals surface area contributed by atoms with Crippen molar-refractivity contribution in [3.05, 3.63) is 0 Å². The Morgan fingerprint density at radius 1 is 0.400 bits per heavy atom. The molecule has 35 heavy (non-hydrogen) atoms. The van der Waals surface area contributed by atoms with Crippen molar-refractivity contribution >= 4 is 11.6 Å². The van der Waals surface area contributed by atoms with Crippen LogP contribution in [-0.2, 0) is 14.2 Å². The minimum absolute atomic E-state index is 1.33. The van der Waals surface area contributed by atoms with Crippen LogP contribution < -0.4 is 0 Å². The molecule has 4 unspecified atom stereocenters. The van der Waals surface area contributed by atoms with E-state index in [2.05, 4.69) is 11.6 Å². The van der Waals surface area contributed by atoms with Crippen LogP contribution in [0.15, 0.2) is 0 Å². The van der Waals surface area contributed by atoms with Crippen LogP contribution in [0.3, 0.4) is 0 Å². The van der Waals surface area contributed by atoms with Gasteiger partial charge in [0.2, 0.25) is 0 Å². The molecule has 25 heteroatoms. The van der Waals surface area contributed by atoms with Gasteiger partial charge in [-0.15, -0.1) is 0 Å². The third kappa shape index (κ3) is 6.18. The summed E-state index contributed by atoms with van der Waals surface area (Å²) in [5.41, 5.74) is 0. The van der Waals surface area contributed by atoms with Gasteiger partial charge in [0.1, 0.15) is 0 Å². The predicted octanol–water partition coefficient (Wildman–Crippen LogP) is 6.28. The number of alkyl halides is 21.